The van der Waals surface area contributed by atoms with Crippen LogP contribution in [0.5, 0.6) is 0 Å². The first-order valence-corrected chi connectivity index (χ1v) is 8.66. The fourth-order valence-electron chi connectivity index (χ4n) is 2.41. The molecule has 28 heavy (non-hydrogen) atoms. The van der Waals surface area contributed by atoms with Crippen molar-refractivity contribution in [3.63, 3.8) is 0 Å². The summed E-state index contributed by atoms with van der Waals surface area (Å²) < 4.78 is 18.4. The molecule has 0 heterocycles. The Bertz CT molecular complexity index is 891. The van der Waals surface area contributed by atoms with Gasteiger partial charge in [-0.15, -0.1) is 0 Å². The third kappa shape index (κ3) is 6.24. The lowest BCUT2D eigenvalue weighted by Gasteiger charge is -2.18. The minimum Gasteiger partial charge on any atom is -0.455 e. The Morgan fingerprint density at radius 1 is 1.21 bits per heavy atom. The van der Waals surface area contributed by atoms with E-state index in [0.717, 1.165) is 0 Å². The number of hydrogen-bond acceptors (Lipinski definition) is 4. The molecule has 1 atom stereocenters. The second-order valence-electron chi connectivity index (χ2n) is 5.96. The SMILES string of the molecule is Cc1ccc(NC(=O)COC(=O)C[C@@H](NC(N)=O)c2ccccc2Cl)cc1F. The van der Waals surface area contributed by atoms with E-state index >= 15 is 0 Å². The lowest BCUT2D eigenvalue weighted by Crippen LogP contribution is -2.35. The highest BCUT2D eigenvalue weighted by Crippen LogP contribution is 2.25. The van der Waals surface area contributed by atoms with Gasteiger partial charge in [0.25, 0.3) is 5.91 Å². The predicted octanol–water partition coefficient (Wildman–Crippen LogP) is 3.07. The number of ether oxygens (including phenoxy) is 1. The maximum absolute atomic E-state index is 13.5. The maximum atomic E-state index is 13.5. The topological polar surface area (TPSA) is 111 Å². The summed E-state index contributed by atoms with van der Waals surface area (Å²) in [5.41, 5.74) is 6.32. The first kappa shape index (κ1) is 21.2. The quantitative estimate of drug-likeness (QED) is 0.612. The van der Waals surface area contributed by atoms with Gasteiger partial charge in [0.2, 0.25) is 0 Å². The van der Waals surface area contributed by atoms with Crippen LogP contribution in [0.1, 0.15) is 23.6 Å². The smallest absolute Gasteiger partial charge is 0.312 e. The van der Waals surface area contributed by atoms with Gasteiger partial charge in [-0.2, -0.15) is 0 Å². The average Bonchev–Trinajstić information content (AvgIpc) is 2.62. The molecule has 0 unspecified atom stereocenters. The van der Waals surface area contributed by atoms with E-state index in [1.807, 2.05) is 0 Å². The largest absolute Gasteiger partial charge is 0.455 e. The van der Waals surface area contributed by atoms with Gasteiger partial charge in [0.15, 0.2) is 6.61 Å². The van der Waals surface area contributed by atoms with Gasteiger partial charge in [0.1, 0.15) is 5.82 Å². The number of primary amides is 1. The summed E-state index contributed by atoms with van der Waals surface area (Å²) in [6, 6.07) is 9.19. The van der Waals surface area contributed by atoms with Crippen LogP contribution in [0.15, 0.2) is 42.5 Å². The molecule has 7 nitrogen and oxygen atoms in total. The van der Waals surface area contributed by atoms with E-state index in [1.165, 1.54) is 18.2 Å². The molecule has 0 aliphatic carbocycles. The van der Waals surface area contributed by atoms with Crippen LogP contribution < -0.4 is 16.4 Å². The van der Waals surface area contributed by atoms with Crippen molar-refractivity contribution in [3.8, 4) is 0 Å². The Kier molecular flexibility index (Phi) is 7.34. The van der Waals surface area contributed by atoms with E-state index in [2.05, 4.69) is 10.6 Å². The van der Waals surface area contributed by atoms with Gasteiger partial charge in [0.05, 0.1) is 12.5 Å². The van der Waals surface area contributed by atoms with E-state index in [4.69, 9.17) is 22.1 Å². The third-order valence-electron chi connectivity index (χ3n) is 3.79. The fraction of sp³-hybridized carbons (Fsp3) is 0.211. The number of aryl methyl sites for hydroxylation is 1. The molecule has 2 aromatic carbocycles. The van der Waals surface area contributed by atoms with Crippen molar-refractivity contribution in [3.05, 3.63) is 64.4 Å². The summed E-state index contributed by atoms with van der Waals surface area (Å²) in [7, 11) is 0. The number of halogens is 2. The molecule has 0 fully saturated rings. The van der Waals surface area contributed by atoms with Crippen molar-refractivity contribution in [2.45, 2.75) is 19.4 Å². The van der Waals surface area contributed by atoms with Crippen molar-refractivity contribution in [1.82, 2.24) is 5.32 Å². The molecule has 0 aliphatic rings. The number of anilines is 1. The monoisotopic (exact) mass is 407 g/mol. The van der Waals surface area contributed by atoms with Crippen LogP contribution in [0.4, 0.5) is 14.9 Å². The Labute approximate surface area is 166 Å². The minimum atomic E-state index is -0.836. The lowest BCUT2D eigenvalue weighted by molar-refractivity contribution is -0.147. The highest BCUT2D eigenvalue weighted by molar-refractivity contribution is 6.31. The van der Waals surface area contributed by atoms with Crippen LogP contribution in [0.25, 0.3) is 0 Å². The predicted molar refractivity (Wildman–Crippen MR) is 102 cm³/mol. The number of nitrogens with one attached hydrogen (secondary N) is 2. The van der Waals surface area contributed by atoms with E-state index in [9.17, 15) is 18.8 Å². The van der Waals surface area contributed by atoms with E-state index < -0.39 is 36.4 Å². The van der Waals surface area contributed by atoms with Gasteiger partial charge in [-0.1, -0.05) is 35.9 Å². The second-order valence-corrected chi connectivity index (χ2v) is 6.37. The number of carbonyl (C=O) groups excluding carboxylic acids is 3. The lowest BCUT2D eigenvalue weighted by atomic mass is 10.0. The summed E-state index contributed by atoms with van der Waals surface area (Å²) in [6.07, 6.45) is -0.279. The molecule has 0 saturated heterocycles. The number of hydrogen-bond donors (Lipinski definition) is 3. The van der Waals surface area contributed by atoms with Crippen LogP contribution in [0.3, 0.4) is 0 Å². The molecule has 0 saturated carbocycles. The van der Waals surface area contributed by atoms with E-state index in [1.54, 1.807) is 31.2 Å². The van der Waals surface area contributed by atoms with Gasteiger partial charge in [-0.05, 0) is 36.2 Å². The first-order valence-electron chi connectivity index (χ1n) is 8.28. The molecular formula is C19H19ClFN3O4. The molecule has 0 aliphatic heterocycles. The molecule has 2 aromatic rings. The molecule has 9 heteroatoms. The second kappa shape index (κ2) is 9.70. The Balaban J connectivity index is 1.93. The standard InChI is InChI=1S/C19H19ClFN3O4/c1-11-6-7-12(8-15(11)21)23-17(25)10-28-18(26)9-16(24-19(22)27)13-4-2-3-5-14(13)20/h2-8,16H,9-10H2,1H3,(H,23,25)(H3,22,24,27)/t16-/m1/s1. The van der Waals surface area contributed by atoms with E-state index in [0.29, 0.717) is 16.1 Å². The minimum absolute atomic E-state index is 0.244. The summed E-state index contributed by atoms with van der Waals surface area (Å²) in [5, 5.41) is 5.18. The molecule has 148 valence electrons. The van der Waals surface area contributed by atoms with Crippen LogP contribution >= 0.6 is 11.6 Å². The van der Waals surface area contributed by atoms with Crippen molar-refractivity contribution in [1.29, 1.82) is 0 Å². The summed E-state index contributed by atoms with van der Waals surface area (Å²) in [4.78, 5) is 35.2. The molecule has 3 amide bonds. The molecule has 0 spiro atoms. The van der Waals surface area contributed by atoms with Crippen molar-refractivity contribution >= 4 is 35.2 Å². The van der Waals surface area contributed by atoms with Gasteiger partial charge in [0, 0.05) is 10.7 Å². The van der Waals surface area contributed by atoms with E-state index in [-0.39, 0.29) is 12.1 Å². The van der Waals surface area contributed by atoms with Gasteiger partial charge in [-0.3, -0.25) is 9.59 Å². The fourth-order valence-corrected chi connectivity index (χ4v) is 2.67. The van der Waals surface area contributed by atoms with Gasteiger partial charge in [-0.25, -0.2) is 9.18 Å². The molecule has 0 radical (unpaired) electrons. The Hall–Kier alpha value is -3.13. The van der Waals surface area contributed by atoms with Gasteiger partial charge < -0.3 is 21.1 Å². The summed E-state index contributed by atoms with van der Waals surface area (Å²) >= 11 is 6.09. The average molecular weight is 408 g/mol. The number of carbonyl (C=O) groups is 3. The Morgan fingerprint density at radius 2 is 1.93 bits per heavy atom. The zero-order valence-electron chi connectivity index (χ0n) is 15.0. The van der Waals surface area contributed by atoms with Crippen molar-refractivity contribution < 1.29 is 23.5 Å². The molecule has 0 aromatic heterocycles. The number of nitrogens with two attached hydrogens (primary N) is 1. The van der Waals surface area contributed by atoms with Gasteiger partial charge >= 0.3 is 12.0 Å². The molecule has 0 bridgehead atoms. The van der Waals surface area contributed by atoms with Crippen LogP contribution in [0, 0.1) is 12.7 Å². The zero-order valence-corrected chi connectivity index (χ0v) is 15.8. The maximum Gasteiger partial charge on any atom is 0.312 e. The first-order chi connectivity index (χ1) is 13.3. The molecular weight excluding hydrogens is 389 g/mol. The van der Waals surface area contributed by atoms with Crippen LogP contribution in [0.2, 0.25) is 5.02 Å². The summed E-state index contributed by atoms with van der Waals surface area (Å²) in [5.74, 6) is -1.84. The highest BCUT2D eigenvalue weighted by atomic mass is 35.5. The molecule has 2 rings (SSSR count). The van der Waals surface area contributed by atoms with Crippen LogP contribution in [-0.2, 0) is 14.3 Å². The number of esters is 1. The zero-order chi connectivity index (χ0) is 20.7. The highest BCUT2D eigenvalue weighted by Gasteiger charge is 2.21. The molecule has 4 N–H and O–H groups in total. The number of amides is 3. The van der Waals surface area contributed by atoms with Crippen molar-refractivity contribution in [2.24, 2.45) is 5.73 Å². The normalized spacial score (nSPS) is 11.4. The number of benzene rings is 2. The summed E-state index contributed by atoms with van der Waals surface area (Å²) in [6.45, 7) is 1.03. The number of rotatable bonds is 7. The third-order valence-corrected chi connectivity index (χ3v) is 4.13. The number of urea groups is 1. The Morgan fingerprint density at radius 3 is 2.57 bits per heavy atom. The van der Waals surface area contributed by atoms with Crippen molar-refractivity contribution in [2.75, 3.05) is 11.9 Å². The van der Waals surface area contributed by atoms with Crippen LogP contribution in [-0.4, -0.2) is 24.5 Å².